The third-order valence-corrected chi connectivity index (χ3v) is 6.22. The van der Waals surface area contributed by atoms with Gasteiger partial charge in [-0.3, -0.25) is 0 Å². The Hall–Kier alpha value is -3.55. The van der Waals surface area contributed by atoms with E-state index in [0.29, 0.717) is 31.1 Å². The van der Waals surface area contributed by atoms with E-state index in [9.17, 15) is 4.79 Å². The van der Waals surface area contributed by atoms with Crippen LogP contribution in [-0.2, 0) is 20.6 Å². The number of ether oxygens (including phenoxy) is 5. The van der Waals surface area contributed by atoms with Gasteiger partial charge in [0.2, 0.25) is 0 Å². The van der Waals surface area contributed by atoms with Crippen LogP contribution in [0.2, 0.25) is 0 Å². The van der Waals surface area contributed by atoms with Crippen LogP contribution in [0.1, 0.15) is 53.0 Å². The zero-order chi connectivity index (χ0) is 27.9. The van der Waals surface area contributed by atoms with Crippen molar-refractivity contribution in [2.24, 2.45) is 0 Å². The maximum absolute atomic E-state index is 12.6. The molecule has 1 heterocycles. The molecule has 0 bridgehead atoms. The second-order valence-corrected chi connectivity index (χ2v) is 11.4. The molecule has 0 spiro atoms. The van der Waals surface area contributed by atoms with Crippen molar-refractivity contribution in [2.75, 3.05) is 13.2 Å². The number of aryl methyl sites for hydroxylation is 1. The van der Waals surface area contributed by atoms with Crippen LogP contribution in [0, 0.1) is 0 Å². The van der Waals surface area contributed by atoms with Gasteiger partial charge < -0.3 is 29.0 Å². The van der Waals surface area contributed by atoms with Crippen molar-refractivity contribution in [3.8, 4) is 23.0 Å². The number of hydrogen-bond donors (Lipinski definition) is 1. The quantitative estimate of drug-likeness (QED) is 0.305. The standard InChI is InChI=1S/C32H39NO6/c1-30(2,3)39-29(34)33-32(22-35-31(4,5)36-23-32)20-10-11-24-16-18-26(19-17-24)38-28-15-9-14-27(21-28)37-25-12-7-6-8-13-25/h6-9,12-19,21H,10-11,20,22-23H2,1-5H3,(H,33,34). The van der Waals surface area contributed by atoms with Crippen LogP contribution >= 0.6 is 0 Å². The van der Waals surface area contributed by atoms with Crippen molar-refractivity contribution in [3.05, 3.63) is 84.4 Å². The summed E-state index contributed by atoms with van der Waals surface area (Å²) in [6, 6.07) is 25.3. The summed E-state index contributed by atoms with van der Waals surface area (Å²) < 4.78 is 29.3. The number of carbonyl (C=O) groups is 1. The third-order valence-electron chi connectivity index (χ3n) is 6.22. The van der Waals surface area contributed by atoms with Gasteiger partial charge in [-0.15, -0.1) is 0 Å². The molecular formula is C32H39NO6. The molecule has 0 unspecified atom stereocenters. The van der Waals surface area contributed by atoms with Gasteiger partial charge in [0, 0.05) is 6.07 Å². The molecule has 1 saturated heterocycles. The van der Waals surface area contributed by atoms with Crippen molar-refractivity contribution in [2.45, 2.75) is 70.8 Å². The lowest BCUT2D eigenvalue weighted by Crippen LogP contribution is -2.61. The fourth-order valence-corrected chi connectivity index (χ4v) is 4.22. The summed E-state index contributed by atoms with van der Waals surface area (Å²) in [5, 5.41) is 3.03. The topological polar surface area (TPSA) is 75.3 Å². The van der Waals surface area contributed by atoms with E-state index in [1.54, 1.807) is 0 Å². The maximum Gasteiger partial charge on any atom is 0.408 e. The van der Waals surface area contributed by atoms with Crippen molar-refractivity contribution < 1.29 is 28.5 Å². The molecule has 1 amide bonds. The largest absolute Gasteiger partial charge is 0.457 e. The highest BCUT2D eigenvalue weighted by atomic mass is 16.7. The Labute approximate surface area is 231 Å². The Morgan fingerprint density at radius 2 is 1.38 bits per heavy atom. The van der Waals surface area contributed by atoms with Crippen LogP contribution < -0.4 is 14.8 Å². The van der Waals surface area contributed by atoms with Crippen LogP contribution in [0.5, 0.6) is 23.0 Å². The van der Waals surface area contributed by atoms with Gasteiger partial charge >= 0.3 is 6.09 Å². The van der Waals surface area contributed by atoms with Gasteiger partial charge in [-0.05, 0) is 95.8 Å². The van der Waals surface area contributed by atoms with E-state index in [1.165, 1.54) is 5.56 Å². The Morgan fingerprint density at radius 3 is 1.97 bits per heavy atom. The Kier molecular flexibility index (Phi) is 8.83. The van der Waals surface area contributed by atoms with Crippen molar-refractivity contribution in [3.63, 3.8) is 0 Å². The van der Waals surface area contributed by atoms with Crippen LogP contribution in [-0.4, -0.2) is 36.2 Å². The van der Waals surface area contributed by atoms with Gasteiger partial charge in [0.25, 0.3) is 0 Å². The monoisotopic (exact) mass is 533 g/mol. The van der Waals surface area contributed by atoms with E-state index in [-0.39, 0.29) is 0 Å². The molecule has 3 aromatic carbocycles. The lowest BCUT2D eigenvalue weighted by molar-refractivity contribution is -0.271. The molecule has 0 radical (unpaired) electrons. The van der Waals surface area contributed by atoms with E-state index in [2.05, 4.69) is 17.4 Å². The van der Waals surface area contributed by atoms with Gasteiger partial charge in [0.05, 0.1) is 18.8 Å². The minimum Gasteiger partial charge on any atom is -0.457 e. The fraction of sp³-hybridized carbons (Fsp3) is 0.406. The van der Waals surface area contributed by atoms with Gasteiger partial charge in [0.15, 0.2) is 5.79 Å². The first-order chi connectivity index (χ1) is 18.5. The lowest BCUT2D eigenvalue weighted by Gasteiger charge is -2.44. The van der Waals surface area contributed by atoms with Crippen molar-refractivity contribution in [1.82, 2.24) is 5.32 Å². The summed E-state index contributed by atoms with van der Waals surface area (Å²) >= 11 is 0. The number of para-hydroxylation sites is 1. The molecule has 4 rings (SSSR count). The van der Waals surface area contributed by atoms with Crippen LogP contribution in [0.25, 0.3) is 0 Å². The van der Waals surface area contributed by atoms with Gasteiger partial charge in [0.1, 0.15) is 28.6 Å². The molecular weight excluding hydrogens is 494 g/mol. The van der Waals surface area contributed by atoms with Crippen LogP contribution in [0.3, 0.4) is 0 Å². The molecule has 0 aromatic heterocycles. The molecule has 208 valence electrons. The molecule has 3 aromatic rings. The normalized spacial score (nSPS) is 16.2. The average Bonchev–Trinajstić information content (AvgIpc) is 2.87. The second kappa shape index (κ2) is 12.1. The Balaban J connectivity index is 1.32. The van der Waals surface area contributed by atoms with Gasteiger partial charge in [-0.1, -0.05) is 36.4 Å². The first-order valence-electron chi connectivity index (χ1n) is 13.4. The summed E-state index contributed by atoms with van der Waals surface area (Å²) in [5.41, 5.74) is -0.0525. The van der Waals surface area contributed by atoms with Crippen LogP contribution in [0.15, 0.2) is 78.9 Å². The van der Waals surface area contributed by atoms with Crippen LogP contribution in [0.4, 0.5) is 4.79 Å². The molecule has 39 heavy (non-hydrogen) atoms. The number of alkyl carbamates (subject to hydrolysis) is 1. The number of hydrogen-bond acceptors (Lipinski definition) is 6. The predicted octanol–water partition coefficient (Wildman–Crippen LogP) is 7.64. The number of nitrogens with one attached hydrogen (secondary N) is 1. The van der Waals surface area contributed by atoms with Crippen molar-refractivity contribution >= 4 is 6.09 Å². The van der Waals surface area contributed by atoms with Crippen molar-refractivity contribution in [1.29, 1.82) is 0 Å². The Morgan fingerprint density at radius 1 is 0.821 bits per heavy atom. The molecule has 7 heteroatoms. The molecule has 7 nitrogen and oxygen atoms in total. The summed E-state index contributed by atoms with van der Waals surface area (Å²) in [5.74, 6) is 2.25. The molecule has 1 N–H and O–H groups in total. The van der Waals surface area contributed by atoms with E-state index in [1.807, 2.05) is 101 Å². The van der Waals surface area contributed by atoms with E-state index in [0.717, 1.165) is 24.3 Å². The maximum atomic E-state index is 12.6. The summed E-state index contributed by atoms with van der Waals surface area (Å²) in [7, 11) is 0. The second-order valence-electron chi connectivity index (χ2n) is 11.4. The molecule has 0 atom stereocenters. The highest BCUT2D eigenvalue weighted by Crippen LogP contribution is 2.30. The summed E-state index contributed by atoms with van der Waals surface area (Å²) in [6.07, 6.45) is 1.90. The smallest absolute Gasteiger partial charge is 0.408 e. The lowest BCUT2D eigenvalue weighted by atomic mass is 9.92. The number of carbonyl (C=O) groups excluding carboxylic acids is 1. The molecule has 0 saturated carbocycles. The van der Waals surface area contributed by atoms with Gasteiger partial charge in [-0.2, -0.15) is 0 Å². The molecule has 1 aliphatic rings. The third kappa shape index (κ3) is 9.01. The average molecular weight is 534 g/mol. The van der Waals surface area contributed by atoms with E-state index < -0.39 is 23.0 Å². The minimum atomic E-state index is -0.678. The predicted molar refractivity (Wildman–Crippen MR) is 150 cm³/mol. The van der Waals surface area contributed by atoms with Gasteiger partial charge in [-0.25, -0.2) is 4.79 Å². The number of amides is 1. The first kappa shape index (κ1) is 28.5. The zero-order valence-corrected chi connectivity index (χ0v) is 23.5. The minimum absolute atomic E-state index is 0.360. The first-order valence-corrected chi connectivity index (χ1v) is 13.4. The molecule has 1 fully saturated rings. The zero-order valence-electron chi connectivity index (χ0n) is 23.5. The van der Waals surface area contributed by atoms with E-state index in [4.69, 9.17) is 23.7 Å². The van der Waals surface area contributed by atoms with E-state index >= 15 is 0 Å². The SMILES string of the molecule is CC(C)(C)OC(=O)NC1(CCCc2ccc(Oc3cccc(Oc4ccccc4)c3)cc2)COC(C)(C)OC1. The Bertz CT molecular complexity index is 1210. The highest BCUT2D eigenvalue weighted by Gasteiger charge is 2.41. The highest BCUT2D eigenvalue weighted by molar-refractivity contribution is 5.69. The number of rotatable bonds is 9. The summed E-state index contributed by atoms with van der Waals surface area (Å²) in [4.78, 5) is 12.6. The fourth-order valence-electron chi connectivity index (χ4n) is 4.22. The summed E-state index contributed by atoms with van der Waals surface area (Å²) in [6.45, 7) is 10.0. The molecule has 0 aliphatic carbocycles. The number of benzene rings is 3. The molecule has 1 aliphatic heterocycles.